The quantitative estimate of drug-likeness (QED) is 0.789. The van der Waals surface area contributed by atoms with E-state index >= 15 is 0 Å². The smallest absolute Gasteiger partial charge is 0.141 e. The van der Waals surface area contributed by atoms with E-state index in [-0.39, 0.29) is 11.7 Å². The molecular formula is C17H18O. The van der Waals surface area contributed by atoms with Gasteiger partial charge in [-0.25, -0.2) is 0 Å². The lowest BCUT2D eigenvalue weighted by molar-refractivity contribution is -0.117. The molecule has 0 aliphatic rings. The fraction of sp³-hybridized carbons (Fsp3) is 0.235. The molecule has 2 rings (SSSR count). The summed E-state index contributed by atoms with van der Waals surface area (Å²) in [5.41, 5.74) is 4.63. The fourth-order valence-electron chi connectivity index (χ4n) is 2.25. The van der Waals surface area contributed by atoms with Crippen molar-refractivity contribution in [3.05, 3.63) is 70.8 Å². The molecule has 92 valence electrons. The van der Waals surface area contributed by atoms with E-state index in [1.54, 1.807) is 6.92 Å². The second-order valence-corrected chi connectivity index (χ2v) is 4.80. The average Bonchev–Trinajstić information content (AvgIpc) is 2.35. The lowest BCUT2D eigenvalue weighted by atomic mass is 9.87. The Morgan fingerprint density at radius 1 is 0.889 bits per heavy atom. The van der Waals surface area contributed by atoms with Crippen molar-refractivity contribution >= 4 is 5.78 Å². The standard InChI is InChI=1S/C17H18O/c1-12-9-10-16(11-13(12)2)17(14(3)18)15-7-5-4-6-8-15/h4-11,17H,1-3H3. The van der Waals surface area contributed by atoms with Gasteiger partial charge < -0.3 is 0 Å². The van der Waals surface area contributed by atoms with Crippen molar-refractivity contribution in [1.29, 1.82) is 0 Å². The highest BCUT2D eigenvalue weighted by Crippen LogP contribution is 2.27. The van der Waals surface area contributed by atoms with Crippen LogP contribution >= 0.6 is 0 Å². The molecule has 0 amide bonds. The molecule has 0 radical (unpaired) electrons. The second kappa shape index (κ2) is 5.18. The highest BCUT2D eigenvalue weighted by molar-refractivity contribution is 5.87. The average molecular weight is 238 g/mol. The molecule has 0 aliphatic heterocycles. The van der Waals surface area contributed by atoms with Crippen molar-refractivity contribution in [2.75, 3.05) is 0 Å². The largest absolute Gasteiger partial charge is 0.299 e. The molecule has 0 saturated carbocycles. The van der Waals surface area contributed by atoms with Gasteiger partial charge in [0.15, 0.2) is 0 Å². The minimum atomic E-state index is -0.148. The van der Waals surface area contributed by atoms with Gasteiger partial charge in [-0.05, 0) is 43.0 Å². The number of hydrogen-bond donors (Lipinski definition) is 0. The Kier molecular flexibility index (Phi) is 3.61. The summed E-state index contributed by atoms with van der Waals surface area (Å²) >= 11 is 0. The zero-order chi connectivity index (χ0) is 13.1. The first-order valence-corrected chi connectivity index (χ1v) is 6.22. The minimum absolute atomic E-state index is 0.148. The van der Waals surface area contributed by atoms with Gasteiger partial charge in [0.05, 0.1) is 5.92 Å². The van der Waals surface area contributed by atoms with E-state index < -0.39 is 0 Å². The molecule has 1 nitrogen and oxygen atoms in total. The van der Waals surface area contributed by atoms with Crippen LogP contribution < -0.4 is 0 Å². The van der Waals surface area contributed by atoms with Crippen molar-refractivity contribution in [3.63, 3.8) is 0 Å². The third-order valence-electron chi connectivity index (χ3n) is 3.40. The molecule has 0 bridgehead atoms. The van der Waals surface area contributed by atoms with Gasteiger partial charge in [-0.15, -0.1) is 0 Å². The number of benzene rings is 2. The SMILES string of the molecule is CC(=O)C(c1ccccc1)c1ccc(C)c(C)c1. The summed E-state index contributed by atoms with van der Waals surface area (Å²) in [7, 11) is 0. The first-order chi connectivity index (χ1) is 8.59. The van der Waals surface area contributed by atoms with E-state index in [4.69, 9.17) is 0 Å². The Labute approximate surface area is 108 Å². The molecule has 2 aromatic carbocycles. The normalized spacial score (nSPS) is 12.2. The summed E-state index contributed by atoms with van der Waals surface area (Å²) < 4.78 is 0. The lowest BCUT2D eigenvalue weighted by Gasteiger charge is -2.16. The van der Waals surface area contributed by atoms with Crippen molar-refractivity contribution in [3.8, 4) is 0 Å². The zero-order valence-corrected chi connectivity index (χ0v) is 11.1. The Bertz CT molecular complexity index is 555. The van der Waals surface area contributed by atoms with E-state index in [0.717, 1.165) is 11.1 Å². The molecule has 2 aromatic rings. The van der Waals surface area contributed by atoms with E-state index in [2.05, 4.69) is 32.0 Å². The fourth-order valence-corrected chi connectivity index (χ4v) is 2.25. The Hall–Kier alpha value is -1.89. The summed E-state index contributed by atoms with van der Waals surface area (Å²) in [6, 6.07) is 16.2. The lowest BCUT2D eigenvalue weighted by Crippen LogP contribution is -2.10. The van der Waals surface area contributed by atoms with Gasteiger partial charge in [0.1, 0.15) is 5.78 Å². The van der Waals surface area contributed by atoms with Gasteiger partial charge in [0, 0.05) is 0 Å². The monoisotopic (exact) mass is 238 g/mol. The topological polar surface area (TPSA) is 17.1 Å². The number of Topliss-reactive ketones (excluding diaryl/α,β-unsaturated/α-hetero) is 1. The van der Waals surface area contributed by atoms with E-state index in [1.807, 2.05) is 30.3 Å². The molecule has 0 heterocycles. The van der Waals surface area contributed by atoms with Crippen LogP contribution in [0, 0.1) is 13.8 Å². The first kappa shape index (κ1) is 12.6. The molecule has 0 aliphatic carbocycles. The predicted molar refractivity (Wildman–Crippen MR) is 74.9 cm³/mol. The summed E-state index contributed by atoms with van der Waals surface area (Å²) in [5, 5.41) is 0. The third-order valence-corrected chi connectivity index (χ3v) is 3.40. The van der Waals surface area contributed by atoms with Gasteiger partial charge in [-0.2, -0.15) is 0 Å². The first-order valence-electron chi connectivity index (χ1n) is 6.22. The maximum absolute atomic E-state index is 11.9. The third kappa shape index (κ3) is 2.51. The molecular weight excluding hydrogens is 220 g/mol. The van der Waals surface area contributed by atoms with E-state index in [9.17, 15) is 4.79 Å². The van der Waals surface area contributed by atoms with Crippen LogP contribution in [0.2, 0.25) is 0 Å². The van der Waals surface area contributed by atoms with Crippen LogP contribution in [0.3, 0.4) is 0 Å². The molecule has 18 heavy (non-hydrogen) atoms. The summed E-state index contributed by atoms with van der Waals surface area (Å²) in [4.78, 5) is 11.9. The van der Waals surface area contributed by atoms with Crippen LogP contribution in [0.1, 0.15) is 35.1 Å². The van der Waals surface area contributed by atoms with E-state index in [0.29, 0.717) is 0 Å². The number of rotatable bonds is 3. The Morgan fingerprint density at radius 2 is 1.56 bits per heavy atom. The highest BCUT2D eigenvalue weighted by atomic mass is 16.1. The van der Waals surface area contributed by atoms with Gasteiger partial charge in [0.2, 0.25) is 0 Å². The number of aryl methyl sites for hydroxylation is 2. The van der Waals surface area contributed by atoms with Crippen molar-refractivity contribution < 1.29 is 4.79 Å². The molecule has 0 N–H and O–H groups in total. The molecule has 1 heteroatoms. The zero-order valence-electron chi connectivity index (χ0n) is 11.1. The van der Waals surface area contributed by atoms with Gasteiger partial charge in [0.25, 0.3) is 0 Å². The van der Waals surface area contributed by atoms with Gasteiger partial charge in [-0.3, -0.25) is 4.79 Å². The number of carbonyl (C=O) groups excluding carboxylic acids is 1. The number of carbonyl (C=O) groups is 1. The van der Waals surface area contributed by atoms with Gasteiger partial charge >= 0.3 is 0 Å². The molecule has 0 saturated heterocycles. The molecule has 0 aromatic heterocycles. The summed E-state index contributed by atoms with van der Waals surface area (Å²) in [6.07, 6.45) is 0. The summed E-state index contributed by atoms with van der Waals surface area (Å²) in [6.45, 7) is 5.83. The second-order valence-electron chi connectivity index (χ2n) is 4.80. The van der Waals surface area contributed by atoms with Crippen LogP contribution in [0.5, 0.6) is 0 Å². The van der Waals surface area contributed by atoms with Crippen molar-refractivity contribution in [2.24, 2.45) is 0 Å². The van der Waals surface area contributed by atoms with Crippen LogP contribution in [0.4, 0.5) is 0 Å². The molecule has 0 fully saturated rings. The maximum atomic E-state index is 11.9. The maximum Gasteiger partial charge on any atom is 0.141 e. The van der Waals surface area contributed by atoms with Crippen molar-refractivity contribution in [1.82, 2.24) is 0 Å². The van der Waals surface area contributed by atoms with Crippen LogP contribution in [0.25, 0.3) is 0 Å². The molecule has 1 atom stereocenters. The van der Waals surface area contributed by atoms with Crippen LogP contribution in [0.15, 0.2) is 48.5 Å². The van der Waals surface area contributed by atoms with Crippen LogP contribution in [-0.4, -0.2) is 5.78 Å². The summed E-state index contributed by atoms with van der Waals surface area (Å²) in [5.74, 6) is 0.0370. The number of ketones is 1. The minimum Gasteiger partial charge on any atom is -0.299 e. The van der Waals surface area contributed by atoms with Crippen LogP contribution in [-0.2, 0) is 4.79 Å². The molecule has 0 spiro atoms. The Morgan fingerprint density at radius 3 is 2.11 bits per heavy atom. The van der Waals surface area contributed by atoms with E-state index in [1.165, 1.54) is 11.1 Å². The highest BCUT2D eigenvalue weighted by Gasteiger charge is 2.18. The number of hydrogen-bond acceptors (Lipinski definition) is 1. The van der Waals surface area contributed by atoms with Gasteiger partial charge in [-0.1, -0.05) is 48.5 Å². The molecule has 1 unspecified atom stereocenters. The predicted octanol–water partition coefficient (Wildman–Crippen LogP) is 4.02. The Balaban J connectivity index is 2.49. The van der Waals surface area contributed by atoms with Crippen molar-refractivity contribution in [2.45, 2.75) is 26.7 Å².